The van der Waals surface area contributed by atoms with E-state index in [2.05, 4.69) is 9.55 Å². The Bertz CT molecular complexity index is 651. The van der Waals surface area contributed by atoms with Gasteiger partial charge >= 0.3 is 5.97 Å². The first kappa shape index (κ1) is 13.2. The summed E-state index contributed by atoms with van der Waals surface area (Å²) < 4.78 is 6.98. The van der Waals surface area contributed by atoms with Gasteiger partial charge in [-0.05, 0) is 18.6 Å². The highest BCUT2D eigenvalue weighted by atomic mass is 35.5. The van der Waals surface area contributed by atoms with Crippen molar-refractivity contribution in [1.29, 1.82) is 0 Å². The van der Waals surface area contributed by atoms with Gasteiger partial charge in [-0.3, -0.25) is 4.79 Å². The third-order valence-corrected chi connectivity index (χ3v) is 3.95. The van der Waals surface area contributed by atoms with Crippen molar-refractivity contribution in [1.82, 2.24) is 9.55 Å². The Morgan fingerprint density at radius 3 is 3.10 bits per heavy atom. The molecule has 0 spiro atoms. The monoisotopic (exact) mass is 290 g/mol. The maximum Gasteiger partial charge on any atom is 0.309 e. The number of fused-ring (bicyclic) bond motifs is 1. The first-order valence-corrected chi connectivity index (χ1v) is 6.95. The summed E-state index contributed by atoms with van der Waals surface area (Å²) in [6.07, 6.45) is 3.30. The molecule has 0 radical (unpaired) electrons. The minimum atomic E-state index is -0.137. The molecule has 2 heterocycles. The zero-order valence-electron chi connectivity index (χ0n) is 11.2. The van der Waals surface area contributed by atoms with Crippen molar-refractivity contribution >= 4 is 17.6 Å². The van der Waals surface area contributed by atoms with E-state index in [0.717, 1.165) is 30.0 Å². The molecule has 104 valence electrons. The maximum atomic E-state index is 11.6. The summed E-state index contributed by atoms with van der Waals surface area (Å²) >= 11 is 6.03. The molecule has 1 unspecified atom stereocenters. The molecule has 0 aliphatic carbocycles. The van der Waals surface area contributed by atoms with E-state index in [0.29, 0.717) is 11.4 Å². The normalized spacial score (nSPS) is 17.6. The van der Waals surface area contributed by atoms with Crippen LogP contribution >= 0.6 is 11.6 Å². The van der Waals surface area contributed by atoms with Crippen molar-refractivity contribution in [2.75, 3.05) is 7.11 Å². The Kier molecular flexibility index (Phi) is 3.49. The third kappa shape index (κ3) is 2.31. The SMILES string of the molecule is COC(=O)C1CCn2c(cnc2-c2cccc(Cl)c2)C1. The third-order valence-electron chi connectivity index (χ3n) is 3.71. The molecule has 1 aliphatic heterocycles. The number of esters is 1. The largest absolute Gasteiger partial charge is 0.469 e. The second-order valence-corrected chi connectivity index (χ2v) is 5.38. The first-order chi connectivity index (χ1) is 9.69. The number of rotatable bonds is 2. The molecule has 20 heavy (non-hydrogen) atoms. The number of aromatic nitrogens is 2. The van der Waals surface area contributed by atoms with Gasteiger partial charge in [0.2, 0.25) is 0 Å². The lowest BCUT2D eigenvalue weighted by Gasteiger charge is -2.23. The van der Waals surface area contributed by atoms with Crippen LogP contribution in [0.15, 0.2) is 30.5 Å². The molecule has 0 amide bonds. The quantitative estimate of drug-likeness (QED) is 0.799. The highest BCUT2D eigenvalue weighted by Gasteiger charge is 2.27. The van der Waals surface area contributed by atoms with E-state index in [1.807, 2.05) is 30.5 Å². The highest BCUT2D eigenvalue weighted by molar-refractivity contribution is 6.30. The van der Waals surface area contributed by atoms with Gasteiger partial charge in [-0.1, -0.05) is 23.7 Å². The molecule has 0 N–H and O–H groups in total. The highest BCUT2D eigenvalue weighted by Crippen LogP contribution is 2.28. The molecule has 5 heteroatoms. The Balaban J connectivity index is 1.92. The summed E-state index contributed by atoms with van der Waals surface area (Å²) in [5, 5.41) is 0.697. The summed E-state index contributed by atoms with van der Waals surface area (Å²) in [6, 6.07) is 7.66. The van der Waals surface area contributed by atoms with E-state index >= 15 is 0 Å². The van der Waals surface area contributed by atoms with Crippen LogP contribution in [0.1, 0.15) is 12.1 Å². The predicted molar refractivity (Wildman–Crippen MR) is 76.5 cm³/mol. The smallest absolute Gasteiger partial charge is 0.309 e. The number of imidazole rings is 1. The van der Waals surface area contributed by atoms with Crippen LogP contribution < -0.4 is 0 Å². The number of carbonyl (C=O) groups excluding carboxylic acids is 1. The lowest BCUT2D eigenvalue weighted by molar-refractivity contribution is -0.146. The van der Waals surface area contributed by atoms with Gasteiger partial charge < -0.3 is 9.30 Å². The average molecular weight is 291 g/mol. The maximum absolute atomic E-state index is 11.6. The summed E-state index contributed by atoms with van der Waals surface area (Å²) in [6.45, 7) is 0.775. The van der Waals surface area contributed by atoms with Crippen molar-refractivity contribution in [3.05, 3.63) is 41.2 Å². The first-order valence-electron chi connectivity index (χ1n) is 6.57. The molecule has 4 nitrogen and oxygen atoms in total. The zero-order valence-corrected chi connectivity index (χ0v) is 11.9. The van der Waals surface area contributed by atoms with E-state index in [1.165, 1.54) is 7.11 Å². The van der Waals surface area contributed by atoms with Crippen LogP contribution in [0.4, 0.5) is 0 Å². The molecule has 1 atom stereocenters. The Morgan fingerprint density at radius 2 is 2.35 bits per heavy atom. The zero-order chi connectivity index (χ0) is 14.1. The van der Waals surface area contributed by atoms with E-state index in [9.17, 15) is 4.79 Å². The van der Waals surface area contributed by atoms with E-state index in [-0.39, 0.29) is 11.9 Å². The second kappa shape index (κ2) is 5.29. The Hall–Kier alpha value is -1.81. The summed E-state index contributed by atoms with van der Waals surface area (Å²) in [5.41, 5.74) is 2.07. The Morgan fingerprint density at radius 1 is 1.50 bits per heavy atom. The van der Waals surface area contributed by atoms with Crippen LogP contribution in [-0.2, 0) is 22.5 Å². The molecular formula is C15H15ClN2O2. The van der Waals surface area contributed by atoms with E-state index in [4.69, 9.17) is 16.3 Å². The van der Waals surface area contributed by atoms with Crippen LogP contribution in [0.2, 0.25) is 5.02 Å². The van der Waals surface area contributed by atoms with Gasteiger partial charge in [0.25, 0.3) is 0 Å². The average Bonchev–Trinajstić information content (AvgIpc) is 2.89. The van der Waals surface area contributed by atoms with Crippen molar-refractivity contribution in [2.45, 2.75) is 19.4 Å². The number of ether oxygens (including phenoxy) is 1. The molecule has 1 aromatic carbocycles. The molecule has 0 bridgehead atoms. The van der Waals surface area contributed by atoms with Crippen molar-refractivity contribution in [3.63, 3.8) is 0 Å². The summed E-state index contributed by atoms with van der Waals surface area (Å²) in [5.74, 6) is 0.712. The van der Waals surface area contributed by atoms with E-state index in [1.54, 1.807) is 0 Å². The fourth-order valence-corrected chi connectivity index (χ4v) is 2.88. The van der Waals surface area contributed by atoms with Crippen molar-refractivity contribution in [2.24, 2.45) is 5.92 Å². The number of methoxy groups -OCH3 is 1. The molecule has 0 saturated carbocycles. The number of hydrogen-bond donors (Lipinski definition) is 0. The predicted octanol–water partition coefficient (Wildman–Crippen LogP) is 2.94. The number of carbonyl (C=O) groups is 1. The van der Waals surface area contributed by atoms with Crippen LogP contribution in [0.5, 0.6) is 0 Å². The van der Waals surface area contributed by atoms with Gasteiger partial charge in [0.1, 0.15) is 5.82 Å². The van der Waals surface area contributed by atoms with Gasteiger partial charge in [0, 0.05) is 35.4 Å². The van der Waals surface area contributed by atoms with Crippen LogP contribution in [0.3, 0.4) is 0 Å². The molecule has 3 rings (SSSR count). The van der Waals surface area contributed by atoms with Gasteiger partial charge in [-0.15, -0.1) is 0 Å². The number of halogens is 1. The van der Waals surface area contributed by atoms with Crippen LogP contribution in [0.25, 0.3) is 11.4 Å². The summed E-state index contributed by atoms with van der Waals surface area (Å²) in [4.78, 5) is 16.1. The lowest BCUT2D eigenvalue weighted by atomic mass is 9.96. The van der Waals surface area contributed by atoms with Crippen LogP contribution in [-0.4, -0.2) is 22.6 Å². The topological polar surface area (TPSA) is 44.1 Å². The van der Waals surface area contributed by atoms with Crippen LogP contribution in [0, 0.1) is 5.92 Å². The fraction of sp³-hybridized carbons (Fsp3) is 0.333. The van der Waals surface area contributed by atoms with E-state index < -0.39 is 0 Å². The fourth-order valence-electron chi connectivity index (χ4n) is 2.69. The molecule has 1 aliphatic rings. The van der Waals surface area contributed by atoms with Crippen molar-refractivity contribution < 1.29 is 9.53 Å². The molecule has 0 fully saturated rings. The molecular weight excluding hydrogens is 276 g/mol. The number of nitrogens with zero attached hydrogens (tertiary/aromatic N) is 2. The van der Waals surface area contributed by atoms with Gasteiger partial charge in [0.05, 0.1) is 13.0 Å². The van der Waals surface area contributed by atoms with Gasteiger partial charge in [-0.2, -0.15) is 0 Å². The minimum absolute atomic E-state index is 0.0589. The lowest BCUT2D eigenvalue weighted by Crippen LogP contribution is -2.26. The minimum Gasteiger partial charge on any atom is -0.469 e. The number of hydrogen-bond acceptors (Lipinski definition) is 3. The van der Waals surface area contributed by atoms with Gasteiger partial charge in [-0.25, -0.2) is 4.98 Å². The molecule has 1 aromatic heterocycles. The number of benzene rings is 1. The second-order valence-electron chi connectivity index (χ2n) is 4.95. The molecule has 0 saturated heterocycles. The van der Waals surface area contributed by atoms with Crippen molar-refractivity contribution in [3.8, 4) is 11.4 Å². The Labute approximate surface area is 122 Å². The summed E-state index contributed by atoms with van der Waals surface area (Å²) in [7, 11) is 1.44. The van der Waals surface area contributed by atoms with Gasteiger partial charge in [0.15, 0.2) is 0 Å². The molecule has 2 aromatic rings. The standard InChI is InChI=1S/C15H15ClN2O2/c1-20-15(19)11-5-6-18-13(8-11)9-17-14(18)10-3-2-4-12(16)7-10/h2-4,7,9,11H,5-6,8H2,1H3.